The number of aliphatic hydroxyl groups is 1. The van der Waals surface area contributed by atoms with Gasteiger partial charge in [-0.3, -0.25) is 9.52 Å². The Morgan fingerprint density at radius 1 is 0.826 bits per heavy atom. The third kappa shape index (κ3) is 11.3. The quantitative estimate of drug-likeness (QED) is 0.0815. The molecule has 5 aromatic carbocycles. The summed E-state index contributed by atoms with van der Waals surface area (Å²) < 4.78 is 38.0. The first-order valence-corrected chi connectivity index (χ1v) is 26.9. The Hall–Kier alpha value is -5.44. The number of carbonyl (C=O) groups excluding carboxylic acids is 1. The molecule has 3 fully saturated rings. The van der Waals surface area contributed by atoms with Gasteiger partial charge in [0.2, 0.25) is 0 Å². The van der Waals surface area contributed by atoms with Gasteiger partial charge in [0.25, 0.3) is 15.9 Å². The van der Waals surface area contributed by atoms with Gasteiger partial charge < -0.3 is 34.4 Å². The third-order valence-corrected chi connectivity index (χ3v) is 16.8. The number of aromatic nitrogens is 1. The van der Waals surface area contributed by atoms with Crippen LogP contribution < -0.4 is 19.8 Å². The van der Waals surface area contributed by atoms with E-state index in [1.165, 1.54) is 4.90 Å². The zero-order valence-corrected chi connectivity index (χ0v) is 42.3. The molecule has 362 valence electrons. The second-order valence-corrected chi connectivity index (χ2v) is 22.3. The topological polar surface area (TPSA) is 119 Å². The molecule has 1 aromatic heterocycles. The normalized spacial score (nSPS) is 19.0. The average Bonchev–Trinajstić information content (AvgIpc) is 3.61. The number of carbonyl (C=O) groups is 1. The summed E-state index contributed by atoms with van der Waals surface area (Å²) >= 11 is 8.14. The zero-order chi connectivity index (χ0) is 48.3. The van der Waals surface area contributed by atoms with Gasteiger partial charge in [0.15, 0.2) is 0 Å². The summed E-state index contributed by atoms with van der Waals surface area (Å²) in [6.45, 7) is 11.2. The Balaban J connectivity index is 0.843. The molecule has 0 bridgehead atoms. The van der Waals surface area contributed by atoms with Crippen molar-refractivity contribution >= 4 is 62.0 Å². The van der Waals surface area contributed by atoms with Crippen LogP contribution in [0.4, 0.5) is 22.7 Å². The molecule has 69 heavy (non-hydrogen) atoms. The molecule has 3 N–H and O–H groups in total. The van der Waals surface area contributed by atoms with Crippen molar-refractivity contribution in [3.05, 3.63) is 143 Å². The maximum absolute atomic E-state index is 14.3. The molecule has 3 heterocycles. The summed E-state index contributed by atoms with van der Waals surface area (Å²) in [5, 5.41) is 14.7. The third-order valence-electron chi connectivity index (χ3n) is 14.0. The predicted molar refractivity (Wildman–Crippen MR) is 283 cm³/mol. The van der Waals surface area contributed by atoms with Crippen LogP contribution >= 0.6 is 23.4 Å². The van der Waals surface area contributed by atoms with E-state index in [-0.39, 0.29) is 16.8 Å². The predicted octanol–water partition coefficient (Wildman–Crippen LogP) is 10.7. The smallest absolute Gasteiger partial charge is 0.261 e. The number of aryl methyl sites for hydroxylation is 1. The van der Waals surface area contributed by atoms with Crippen LogP contribution in [0.25, 0.3) is 22.4 Å². The number of benzene rings is 5. The van der Waals surface area contributed by atoms with Crippen LogP contribution in [0.1, 0.15) is 54.2 Å². The number of hydrogen-bond acceptors (Lipinski definition) is 9. The highest BCUT2D eigenvalue weighted by atomic mass is 35.5. The summed E-state index contributed by atoms with van der Waals surface area (Å²) in [6.07, 6.45) is 3.68. The lowest BCUT2D eigenvalue weighted by Crippen LogP contribution is -2.46. The number of hydrogen-bond donors (Lipinski definition) is 3. The van der Waals surface area contributed by atoms with Crippen LogP contribution in [0.5, 0.6) is 0 Å². The van der Waals surface area contributed by atoms with Crippen molar-refractivity contribution in [2.75, 3.05) is 78.1 Å². The standard InChI is InChI=1S/C55H63ClN6O5S2/c1-38-33-49(23-24-50(38)57-45(18-13-40-35-55(3,64)36-40)37-68-48-11-6-5-7-12-48)69(65,66)58-44-19-21-46(22-20-44)60-25-27-61(28-26-60)47-10-8-9-42(34-47)52-51(54(63)62-29-31-67-32-30-62)39(2)59(4)53(52)41-14-16-43(56)17-15-41/h5-12,14-17,19-24,33-34,40,45,57-58,64H,13,18,25-32,35-37H2,1-4H3/t40?,45-,55?/m1/s1. The van der Waals surface area contributed by atoms with Crippen molar-refractivity contribution in [2.45, 2.75) is 67.9 Å². The number of piperazine rings is 1. The van der Waals surface area contributed by atoms with E-state index in [1.54, 1.807) is 12.1 Å². The van der Waals surface area contributed by atoms with E-state index in [2.05, 4.69) is 72.9 Å². The van der Waals surface area contributed by atoms with E-state index in [1.807, 2.05) is 105 Å². The molecule has 1 atom stereocenters. The molecule has 3 aliphatic rings. The van der Waals surface area contributed by atoms with E-state index in [4.69, 9.17) is 16.3 Å². The van der Waals surface area contributed by atoms with Gasteiger partial charge in [0, 0.05) is 102 Å². The first-order valence-electron chi connectivity index (χ1n) is 24.0. The van der Waals surface area contributed by atoms with Gasteiger partial charge in [-0.15, -0.1) is 11.8 Å². The van der Waals surface area contributed by atoms with Gasteiger partial charge in [0.1, 0.15) is 0 Å². The second-order valence-electron chi connectivity index (χ2n) is 19.1. The first-order chi connectivity index (χ1) is 33.2. The Kier molecular flexibility index (Phi) is 14.7. The minimum atomic E-state index is -3.85. The minimum Gasteiger partial charge on any atom is -0.390 e. The van der Waals surface area contributed by atoms with Crippen LogP contribution in [-0.4, -0.2) is 98.8 Å². The Bertz CT molecular complexity index is 2850. The second kappa shape index (κ2) is 20.9. The van der Waals surface area contributed by atoms with Crippen LogP contribution in [0.2, 0.25) is 5.02 Å². The van der Waals surface area contributed by atoms with Gasteiger partial charge in [-0.25, -0.2) is 8.42 Å². The number of ether oxygens (including phenoxy) is 1. The van der Waals surface area contributed by atoms with E-state index < -0.39 is 15.6 Å². The molecule has 1 aliphatic carbocycles. The Labute approximate surface area is 416 Å². The average molecular weight is 988 g/mol. The Morgan fingerprint density at radius 2 is 1.51 bits per heavy atom. The minimum absolute atomic E-state index is 0.0164. The number of amides is 1. The molecule has 14 heteroatoms. The molecule has 0 spiro atoms. The molecule has 1 saturated carbocycles. The van der Waals surface area contributed by atoms with Gasteiger partial charge in [0.05, 0.1) is 35.0 Å². The number of halogens is 1. The number of sulfonamides is 1. The summed E-state index contributed by atoms with van der Waals surface area (Å²) in [5.41, 5.74) is 9.34. The number of rotatable bonds is 16. The number of anilines is 4. The molecule has 6 aromatic rings. The van der Waals surface area contributed by atoms with E-state index in [0.29, 0.717) is 48.5 Å². The molecule has 11 nitrogen and oxygen atoms in total. The molecular formula is C55H63ClN6O5S2. The van der Waals surface area contributed by atoms with Gasteiger partial charge in [-0.2, -0.15) is 0 Å². The fourth-order valence-electron chi connectivity index (χ4n) is 10.2. The molecule has 0 unspecified atom stereocenters. The maximum Gasteiger partial charge on any atom is 0.261 e. The summed E-state index contributed by atoms with van der Waals surface area (Å²) in [7, 11) is -1.82. The molecule has 9 rings (SSSR count). The lowest BCUT2D eigenvalue weighted by atomic mass is 9.70. The largest absolute Gasteiger partial charge is 0.390 e. The zero-order valence-electron chi connectivity index (χ0n) is 40.0. The van der Waals surface area contributed by atoms with Gasteiger partial charge >= 0.3 is 0 Å². The van der Waals surface area contributed by atoms with Crippen LogP contribution in [-0.2, 0) is 21.8 Å². The molecular weight excluding hydrogens is 924 g/mol. The van der Waals surface area contributed by atoms with E-state index in [0.717, 1.165) is 108 Å². The molecule has 2 aliphatic heterocycles. The summed E-state index contributed by atoms with van der Waals surface area (Å²) in [6, 6.07) is 39.8. The lowest BCUT2D eigenvalue weighted by molar-refractivity contribution is -0.0598. The Morgan fingerprint density at radius 3 is 2.17 bits per heavy atom. The number of thioether (sulfide) groups is 1. The van der Waals surface area contributed by atoms with Crippen molar-refractivity contribution in [2.24, 2.45) is 13.0 Å². The molecule has 2 saturated heterocycles. The van der Waals surface area contributed by atoms with Crippen molar-refractivity contribution < 1.29 is 23.1 Å². The fraction of sp³-hybridized carbons (Fsp3) is 0.364. The fourth-order valence-corrected chi connectivity index (χ4v) is 12.4. The first kappa shape index (κ1) is 48.6. The molecule has 0 radical (unpaired) electrons. The summed E-state index contributed by atoms with van der Waals surface area (Å²) in [5.74, 6) is 1.41. The van der Waals surface area contributed by atoms with Crippen molar-refractivity contribution in [3.8, 4) is 22.4 Å². The number of nitrogens with zero attached hydrogens (tertiary/aromatic N) is 4. The lowest BCUT2D eigenvalue weighted by Gasteiger charge is -2.41. The van der Waals surface area contributed by atoms with Gasteiger partial charge in [-0.1, -0.05) is 54.1 Å². The van der Waals surface area contributed by atoms with Crippen molar-refractivity contribution in [3.63, 3.8) is 0 Å². The maximum atomic E-state index is 14.3. The molecule has 1 amide bonds. The SMILES string of the molecule is Cc1cc(S(=O)(=O)Nc2ccc(N3CCN(c4cccc(-c5c(C(=O)N6CCOCC6)c(C)n(C)c5-c5ccc(Cl)cc5)c4)CC3)cc2)ccc1N[C@H](CCC1CC(C)(O)C1)CSc1ccccc1. The van der Waals surface area contributed by atoms with Crippen LogP contribution in [0, 0.1) is 19.8 Å². The van der Waals surface area contributed by atoms with E-state index in [9.17, 15) is 18.3 Å². The van der Waals surface area contributed by atoms with Gasteiger partial charge in [-0.05, 0) is 148 Å². The summed E-state index contributed by atoms with van der Waals surface area (Å²) in [4.78, 5) is 22.4. The van der Waals surface area contributed by atoms with Crippen molar-refractivity contribution in [1.82, 2.24) is 9.47 Å². The van der Waals surface area contributed by atoms with Crippen molar-refractivity contribution in [1.29, 1.82) is 0 Å². The monoisotopic (exact) mass is 986 g/mol. The number of nitrogens with one attached hydrogen (secondary N) is 2. The highest BCUT2D eigenvalue weighted by Crippen LogP contribution is 2.42. The highest BCUT2D eigenvalue weighted by Gasteiger charge is 2.38. The highest BCUT2D eigenvalue weighted by molar-refractivity contribution is 7.99. The number of morpholine rings is 1. The van der Waals surface area contributed by atoms with Crippen LogP contribution in [0.15, 0.2) is 131 Å². The van der Waals surface area contributed by atoms with E-state index >= 15 is 0 Å². The van der Waals surface area contributed by atoms with Crippen LogP contribution in [0.3, 0.4) is 0 Å².